The molecule has 15 heavy (non-hydrogen) atoms. The second kappa shape index (κ2) is 5.17. The normalized spacial score (nSPS) is 28.2. The van der Waals surface area contributed by atoms with Gasteiger partial charge < -0.3 is 0 Å². The second-order valence-electron chi connectivity index (χ2n) is 4.25. The fraction of sp³-hybridized carbons (Fsp3) is 0.636. The van der Waals surface area contributed by atoms with Crippen LogP contribution in [-0.2, 0) is 6.54 Å². The lowest BCUT2D eigenvalue weighted by molar-refractivity contribution is 0.181. The Kier molecular flexibility index (Phi) is 4.10. The van der Waals surface area contributed by atoms with Crippen LogP contribution in [0.2, 0.25) is 0 Å². The highest BCUT2D eigenvalue weighted by atomic mass is 79.9. The van der Waals surface area contributed by atoms with Gasteiger partial charge in [-0.05, 0) is 40.9 Å². The number of halogens is 2. The molecule has 2 rings (SSSR count). The van der Waals surface area contributed by atoms with Crippen molar-refractivity contribution in [3.63, 3.8) is 0 Å². The zero-order chi connectivity index (χ0) is 10.8. The lowest BCUT2D eigenvalue weighted by Crippen LogP contribution is -2.39. The number of hydrogen-bond donors (Lipinski definition) is 0. The van der Waals surface area contributed by atoms with Gasteiger partial charge in [-0.15, -0.1) is 22.9 Å². The van der Waals surface area contributed by atoms with E-state index in [-0.39, 0.29) is 0 Å². The SMILES string of the molecule is CC1CN(Cc2cc(Br)cs2)CCC1Cl. The van der Waals surface area contributed by atoms with Crippen molar-refractivity contribution >= 4 is 38.9 Å². The summed E-state index contributed by atoms with van der Waals surface area (Å²) in [5, 5.41) is 2.52. The predicted molar refractivity (Wildman–Crippen MR) is 70.7 cm³/mol. The van der Waals surface area contributed by atoms with Crippen molar-refractivity contribution in [3.8, 4) is 0 Å². The molecule has 2 unspecified atom stereocenters. The molecule has 0 aliphatic carbocycles. The Morgan fingerprint density at radius 1 is 1.67 bits per heavy atom. The Morgan fingerprint density at radius 2 is 2.47 bits per heavy atom. The number of rotatable bonds is 2. The number of nitrogens with zero attached hydrogens (tertiary/aromatic N) is 1. The van der Waals surface area contributed by atoms with Crippen LogP contribution in [0.1, 0.15) is 18.2 Å². The van der Waals surface area contributed by atoms with Gasteiger partial charge in [0.15, 0.2) is 0 Å². The third-order valence-electron chi connectivity index (χ3n) is 2.89. The first kappa shape index (κ1) is 11.9. The number of hydrogen-bond acceptors (Lipinski definition) is 2. The molecule has 1 aromatic rings. The Labute approximate surface area is 109 Å². The van der Waals surface area contributed by atoms with Gasteiger partial charge in [-0.1, -0.05) is 6.92 Å². The molecule has 0 spiro atoms. The van der Waals surface area contributed by atoms with E-state index in [0.717, 1.165) is 26.1 Å². The second-order valence-corrected chi connectivity index (χ2v) is 6.72. The van der Waals surface area contributed by atoms with Gasteiger partial charge in [0.1, 0.15) is 0 Å². The van der Waals surface area contributed by atoms with Crippen LogP contribution in [-0.4, -0.2) is 23.4 Å². The van der Waals surface area contributed by atoms with Crippen molar-refractivity contribution in [2.75, 3.05) is 13.1 Å². The van der Waals surface area contributed by atoms with Gasteiger partial charge in [-0.3, -0.25) is 4.90 Å². The van der Waals surface area contributed by atoms with E-state index in [2.05, 4.69) is 39.2 Å². The minimum Gasteiger partial charge on any atom is -0.298 e. The summed E-state index contributed by atoms with van der Waals surface area (Å²) >= 11 is 11.5. The molecule has 84 valence electrons. The fourth-order valence-electron chi connectivity index (χ4n) is 2.00. The highest BCUT2D eigenvalue weighted by molar-refractivity contribution is 9.10. The lowest BCUT2D eigenvalue weighted by atomic mass is 10.00. The van der Waals surface area contributed by atoms with Crippen molar-refractivity contribution in [3.05, 3.63) is 20.8 Å². The summed E-state index contributed by atoms with van der Waals surface area (Å²) in [7, 11) is 0. The van der Waals surface area contributed by atoms with Crippen LogP contribution in [0.15, 0.2) is 15.9 Å². The largest absolute Gasteiger partial charge is 0.298 e. The van der Waals surface area contributed by atoms with E-state index in [0.29, 0.717) is 11.3 Å². The summed E-state index contributed by atoms with van der Waals surface area (Å²) in [4.78, 5) is 3.93. The molecule has 0 N–H and O–H groups in total. The third-order valence-corrected chi connectivity index (χ3v) is 5.22. The van der Waals surface area contributed by atoms with E-state index in [1.165, 1.54) is 9.35 Å². The summed E-state index contributed by atoms with van der Waals surface area (Å²) in [6.07, 6.45) is 1.12. The van der Waals surface area contributed by atoms with E-state index in [9.17, 15) is 0 Å². The minimum absolute atomic E-state index is 0.372. The van der Waals surface area contributed by atoms with Gasteiger partial charge in [-0.25, -0.2) is 0 Å². The average molecular weight is 309 g/mol. The van der Waals surface area contributed by atoms with Crippen LogP contribution in [0.5, 0.6) is 0 Å². The monoisotopic (exact) mass is 307 g/mol. The Morgan fingerprint density at radius 3 is 3.07 bits per heavy atom. The van der Waals surface area contributed by atoms with Crippen LogP contribution < -0.4 is 0 Å². The maximum absolute atomic E-state index is 6.21. The molecule has 0 aromatic carbocycles. The van der Waals surface area contributed by atoms with Gasteiger partial charge in [0, 0.05) is 33.2 Å². The molecule has 0 radical (unpaired) electrons. The molecule has 2 atom stereocenters. The first-order chi connectivity index (χ1) is 7.15. The predicted octanol–water partition coefficient (Wildman–Crippen LogP) is 3.96. The molecular weight excluding hydrogens is 294 g/mol. The summed E-state index contributed by atoms with van der Waals surface area (Å²) in [5.74, 6) is 0.615. The Balaban J connectivity index is 1.90. The minimum atomic E-state index is 0.372. The van der Waals surface area contributed by atoms with E-state index < -0.39 is 0 Å². The van der Waals surface area contributed by atoms with Gasteiger partial charge in [-0.2, -0.15) is 0 Å². The smallest absolute Gasteiger partial charge is 0.0386 e. The molecule has 1 nitrogen and oxygen atoms in total. The average Bonchev–Trinajstić information content (AvgIpc) is 2.58. The zero-order valence-corrected chi connectivity index (χ0v) is 11.9. The van der Waals surface area contributed by atoms with Crippen molar-refractivity contribution in [1.82, 2.24) is 4.90 Å². The maximum Gasteiger partial charge on any atom is 0.0386 e. The summed E-state index contributed by atoms with van der Waals surface area (Å²) in [6.45, 7) is 5.58. The highest BCUT2D eigenvalue weighted by Crippen LogP contribution is 2.26. The van der Waals surface area contributed by atoms with Crippen LogP contribution in [0, 0.1) is 5.92 Å². The van der Waals surface area contributed by atoms with Crippen molar-refractivity contribution < 1.29 is 0 Å². The van der Waals surface area contributed by atoms with Crippen molar-refractivity contribution in [2.45, 2.75) is 25.3 Å². The van der Waals surface area contributed by atoms with Gasteiger partial charge in [0.25, 0.3) is 0 Å². The van der Waals surface area contributed by atoms with Crippen LogP contribution in [0.3, 0.4) is 0 Å². The topological polar surface area (TPSA) is 3.24 Å². The molecule has 1 fully saturated rings. The van der Waals surface area contributed by atoms with E-state index >= 15 is 0 Å². The standard InChI is InChI=1S/C11H15BrClNS/c1-8-5-14(3-2-11(8)13)6-10-4-9(12)7-15-10/h4,7-8,11H,2-3,5-6H2,1H3. The number of likely N-dealkylation sites (tertiary alicyclic amines) is 1. The van der Waals surface area contributed by atoms with E-state index in [1.807, 2.05) is 11.3 Å². The maximum atomic E-state index is 6.21. The zero-order valence-electron chi connectivity index (χ0n) is 8.75. The highest BCUT2D eigenvalue weighted by Gasteiger charge is 2.24. The van der Waals surface area contributed by atoms with Gasteiger partial charge >= 0.3 is 0 Å². The first-order valence-electron chi connectivity index (χ1n) is 5.24. The molecule has 1 aliphatic heterocycles. The summed E-state index contributed by atoms with van der Waals surface area (Å²) in [5.41, 5.74) is 0. The summed E-state index contributed by atoms with van der Waals surface area (Å²) in [6, 6.07) is 2.21. The van der Waals surface area contributed by atoms with Gasteiger partial charge in [0.05, 0.1) is 0 Å². The molecule has 2 heterocycles. The third kappa shape index (κ3) is 3.19. The van der Waals surface area contributed by atoms with Gasteiger partial charge in [0.2, 0.25) is 0 Å². The Hall–Kier alpha value is 0.430. The molecule has 1 aromatic heterocycles. The molecule has 0 bridgehead atoms. The van der Waals surface area contributed by atoms with E-state index in [4.69, 9.17) is 11.6 Å². The number of alkyl halides is 1. The van der Waals surface area contributed by atoms with E-state index in [1.54, 1.807) is 0 Å². The van der Waals surface area contributed by atoms with Crippen molar-refractivity contribution in [2.24, 2.45) is 5.92 Å². The molecular formula is C11H15BrClNS. The fourth-order valence-corrected chi connectivity index (χ4v) is 3.67. The molecule has 4 heteroatoms. The van der Waals surface area contributed by atoms with Crippen LogP contribution >= 0.6 is 38.9 Å². The molecule has 1 saturated heterocycles. The number of thiophene rings is 1. The first-order valence-corrected chi connectivity index (χ1v) is 7.35. The summed E-state index contributed by atoms with van der Waals surface area (Å²) < 4.78 is 1.20. The van der Waals surface area contributed by atoms with Crippen molar-refractivity contribution in [1.29, 1.82) is 0 Å². The Bertz CT molecular complexity index is 328. The van der Waals surface area contributed by atoms with Crippen LogP contribution in [0.4, 0.5) is 0 Å². The molecule has 0 amide bonds. The number of piperidine rings is 1. The molecule has 0 saturated carbocycles. The van der Waals surface area contributed by atoms with Crippen LogP contribution in [0.25, 0.3) is 0 Å². The molecule has 1 aliphatic rings. The quantitative estimate of drug-likeness (QED) is 0.748. The lowest BCUT2D eigenvalue weighted by Gasteiger charge is -2.33.